The number of hydrogen-bond donors (Lipinski definition) is 10. The number of rotatable bonds is 1. The van der Waals surface area contributed by atoms with Gasteiger partial charge < -0.3 is 84.2 Å². The number of cyclic esters (lactones) is 2. The number of hydrogen-bond acceptors (Lipinski definition) is 19. The van der Waals surface area contributed by atoms with Crippen molar-refractivity contribution in [3.05, 3.63) is 47.2 Å². The van der Waals surface area contributed by atoms with Gasteiger partial charge in [0.25, 0.3) is 0 Å². The van der Waals surface area contributed by atoms with Crippen molar-refractivity contribution in [3.63, 3.8) is 0 Å². The molecule has 6 rings (SSSR count). The van der Waals surface area contributed by atoms with Crippen molar-refractivity contribution in [2.75, 3.05) is 13.2 Å². The van der Waals surface area contributed by atoms with Crippen LogP contribution in [0.15, 0.2) is 36.1 Å². The summed E-state index contributed by atoms with van der Waals surface area (Å²) < 4.78 is 39.2. The monoisotopic (exact) mass is 710 g/mol. The van der Waals surface area contributed by atoms with Gasteiger partial charge in [-0.3, -0.25) is 4.79 Å². The van der Waals surface area contributed by atoms with Crippen LogP contribution in [-0.4, -0.2) is 144 Å². The first-order valence-corrected chi connectivity index (χ1v) is 15.2. The van der Waals surface area contributed by atoms with Crippen LogP contribution >= 0.6 is 0 Å². The smallest absolute Gasteiger partial charge is 0.335 e. The lowest BCUT2D eigenvalue weighted by Gasteiger charge is -2.41. The summed E-state index contributed by atoms with van der Waals surface area (Å²) in [5.74, 6) is -4.50. The molecule has 19 nitrogen and oxygen atoms in total. The Kier molecular flexibility index (Phi) is 9.95. The van der Waals surface area contributed by atoms with Crippen molar-refractivity contribution in [2.24, 2.45) is 0 Å². The van der Waals surface area contributed by atoms with Crippen molar-refractivity contribution < 1.29 is 93.8 Å². The van der Waals surface area contributed by atoms with E-state index in [4.69, 9.17) is 33.2 Å². The molecule has 12 atom stereocenters. The first-order valence-electron chi connectivity index (χ1n) is 15.2. The minimum atomic E-state index is -2.08. The predicted octanol–water partition coefficient (Wildman–Crippen LogP) is -2.86. The van der Waals surface area contributed by atoms with Gasteiger partial charge in [0.15, 0.2) is 23.7 Å². The van der Waals surface area contributed by atoms with E-state index < -0.39 is 122 Å². The molecule has 4 aliphatic rings. The Morgan fingerprint density at radius 1 is 0.620 bits per heavy atom. The van der Waals surface area contributed by atoms with Crippen LogP contribution in [0.5, 0.6) is 28.7 Å². The number of fused-ring (bicyclic) bond motifs is 4. The number of carbonyl (C=O) groups is 2. The molecule has 272 valence electrons. The van der Waals surface area contributed by atoms with Gasteiger partial charge in [0.1, 0.15) is 85.1 Å². The first-order chi connectivity index (χ1) is 23.7. The molecule has 2 fully saturated rings. The van der Waals surface area contributed by atoms with E-state index in [9.17, 15) is 60.7 Å². The van der Waals surface area contributed by atoms with Gasteiger partial charge in [0.2, 0.25) is 12.6 Å². The number of esters is 2. The number of phenolic OH excluding ortho intramolecular Hbond substituents is 3. The molecule has 2 aromatic rings. The van der Waals surface area contributed by atoms with Crippen LogP contribution in [0, 0.1) is 0 Å². The van der Waals surface area contributed by atoms with Crippen LogP contribution in [0.3, 0.4) is 0 Å². The summed E-state index contributed by atoms with van der Waals surface area (Å²) in [5.41, 5.74) is 0.165. The highest BCUT2D eigenvalue weighted by atomic mass is 16.7. The number of benzene rings is 2. The molecule has 6 bridgehead atoms. The molecule has 2 saturated heterocycles. The fourth-order valence-corrected chi connectivity index (χ4v) is 5.66. The Balaban J connectivity index is 1.43. The van der Waals surface area contributed by atoms with E-state index >= 15 is 0 Å². The molecule has 19 heteroatoms. The number of phenols is 3. The number of aliphatic hydroxyl groups excluding tert-OH is 7. The van der Waals surface area contributed by atoms with Gasteiger partial charge in [-0.05, 0) is 18.2 Å². The Bertz CT molecular complexity index is 1630. The second-order valence-corrected chi connectivity index (χ2v) is 11.9. The van der Waals surface area contributed by atoms with Crippen LogP contribution in [0.4, 0.5) is 0 Å². The van der Waals surface area contributed by atoms with Crippen molar-refractivity contribution in [2.45, 2.75) is 80.0 Å². The SMILES string of the molecule is O=C1C[C@@H](O)C(=O)OC[C@H]2O[C@@H](Oc3cc(O)cc4c3C=C(O[C@@H]3O[C@H](CO1)[C@@H](O)[C@H](O)[C@H]3O)C(c1ccc(O)c(O)c1)O4)[C@H](O)[C@@H](O)[C@H]2O. The zero-order valence-corrected chi connectivity index (χ0v) is 25.7. The van der Waals surface area contributed by atoms with Crippen LogP contribution < -0.4 is 9.47 Å². The van der Waals surface area contributed by atoms with Gasteiger partial charge in [0.05, 0.1) is 12.0 Å². The molecular weight excluding hydrogens is 676 g/mol. The van der Waals surface area contributed by atoms with Gasteiger partial charge in [0, 0.05) is 17.7 Å². The van der Waals surface area contributed by atoms with E-state index in [2.05, 4.69) is 0 Å². The molecule has 50 heavy (non-hydrogen) atoms. The summed E-state index contributed by atoms with van der Waals surface area (Å²) in [7, 11) is 0. The Morgan fingerprint density at radius 2 is 1.20 bits per heavy atom. The summed E-state index contributed by atoms with van der Waals surface area (Å²) in [6.45, 7) is -1.54. The van der Waals surface area contributed by atoms with Crippen molar-refractivity contribution in [3.8, 4) is 28.7 Å². The molecule has 0 aliphatic carbocycles. The number of aromatic hydroxyl groups is 3. The first kappa shape index (κ1) is 35.4. The topological polar surface area (TPSA) is 301 Å². The molecule has 0 saturated carbocycles. The molecular formula is C31H34O19. The number of aliphatic hydroxyl groups is 7. The van der Waals surface area contributed by atoms with Crippen molar-refractivity contribution >= 4 is 18.0 Å². The minimum Gasteiger partial charge on any atom is -0.508 e. The zero-order chi connectivity index (χ0) is 36.0. The minimum absolute atomic E-state index is 0.00493. The molecule has 0 spiro atoms. The molecule has 10 N–H and O–H groups in total. The van der Waals surface area contributed by atoms with E-state index in [0.717, 1.165) is 18.2 Å². The highest BCUT2D eigenvalue weighted by molar-refractivity contribution is 5.81. The Hall–Kier alpha value is -4.44. The lowest BCUT2D eigenvalue weighted by molar-refractivity contribution is -0.294. The quantitative estimate of drug-likeness (QED) is 0.105. The Labute approximate surface area is 281 Å². The van der Waals surface area contributed by atoms with Gasteiger partial charge >= 0.3 is 11.9 Å². The summed E-state index contributed by atoms with van der Waals surface area (Å²) >= 11 is 0. The summed E-state index contributed by atoms with van der Waals surface area (Å²) in [4.78, 5) is 24.9. The van der Waals surface area contributed by atoms with Crippen LogP contribution in [-0.2, 0) is 33.3 Å². The molecule has 0 radical (unpaired) electrons. The van der Waals surface area contributed by atoms with E-state index in [-0.39, 0.29) is 28.4 Å². The maximum Gasteiger partial charge on any atom is 0.335 e. The van der Waals surface area contributed by atoms with Crippen LogP contribution in [0.1, 0.15) is 23.7 Å². The molecule has 2 aromatic carbocycles. The third-order valence-electron chi connectivity index (χ3n) is 8.44. The molecule has 0 aromatic heterocycles. The van der Waals surface area contributed by atoms with Gasteiger partial charge in [-0.25, -0.2) is 4.79 Å². The van der Waals surface area contributed by atoms with E-state index in [1.165, 1.54) is 18.2 Å². The fraction of sp³-hybridized carbons (Fsp3) is 0.484. The average Bonchev–Trinajstić information content (AvgIpc) is 3.08. The third-order valence-corrected chi connectivity index (χ3v) is 8.44. The van der Waals surface area contributed by atoms with E-state index in [1.807, 2.05) is 0 Å². The fourth-order valence-electron chi connectivity index (χ4n) is 5.66. The number of ether oxygens (including phenoxy) is 7. The van der Waals surface area contributed by atoms with Crippen LogP contribution in [0.2, 0.25) is 0 Å². The number of carbonyl (C=O) groups excluding carboxylic acids is 2. The van der Waals surface area contributed by atoms with E-state index in [0.29, 0.717) is 0 Å². The van der Waals surface area contributed by atoms with Crippen molar-refractivity contribution in [1.29, 1.82) is 0 Å². The summed E-state index contributed by atoms with van der Waals surface area (Å²) in [5, 5.41) is 105. The second-order valence-electron chi connectivity index (χ2n) is 11.9. The standard InChI is InChI=1S/C31H34O19/c32-11-4-16-12-6-18(28(46-16)10-1-2-13(33)14(34)3-10)48-31-27(42)24(39)22(37)19(49-31)8-44-21(36)7-15(35)29(43)45-9-20-23(38)25(40)26(41)30(50-20)47-17(12)5-11/h1-6,15,19-20,22-28,30-35,37-42H,7-9H2/t15-,19-,20-,22-,23+,24+,25+,26-,27-,28?,30-,31-/m1/s1. The maximum absolute atomic E-state index is 12.4. The largest absolute Gasteiger partial charge is 0.508 e. The Morgan fingerprint density at radius 3 is 1.82 bits per heavy atom. The predicted molar refractivity (Wildman–Crippen MR) is 157 cm³/mol. The second kappa shape index (κ2) is 14.1. The molecule has 0 amide bonds. The highest BCUT2D eigenvalue weighted by Crippen LogP contribution is 2.46. The summed E-state index contributed by atoms with van der Waals surface area (Å²) in [6.07, 6.45) is -21.0. The lowest BCUT2D eigenvalue weighted by atomic mass is 9.98. The zero-order valence-electron chi connectivity index (χ0n) is 25.7. The molecule has 4 aliphatic heterocycles. The van der Waals surface area contributed by atoms with Crippen molar-refractivity contribution in [1.82, 2.24) is 0 Å². The van der Waals surface area contributed by atoms with E-state index in [1.54, 1.807) is 0 Å². The molecule has 4 heterocycles. The molecule has 1 unspecified atom stereocenters. The average molecular weight is 711 g/mol. The van der Waals surface area contributed by atoms with Crippen LogP contribution in [0.25, 0.3) is 6.08 Å². The maximum atomic E-state index is 12.4. The highest BCUT2D eigenvalue weighted by Gasteiger charge is 2.48. The third kappa shape index (κ3) is 6.95. The normalized spacial score (nSPS) is 36.3. The van der Waals surface area contributed by atoms with Gasteiger partial charge in [-0.2, -0.15) is 0 Å². The summed E-state index contributed by atoms with van der Waals surface area (Å²) in [6, 6.07) is 5.87. The van der Waals surface area contributed by atoms with Gasteiger partial charge in [-0.1, -0.05) is 6.07 Å². The van der Waals surface area contributed by atoms with Gasteiger partial charge in [-0.15, -0.1) is 0 Å². The lowest BCUT2D eigenvalue weighted by Crippen LogP contribution is -2.60.